The average molecular weight is 410 g/mol. The maximum atomic E-state index is 13.4. The van der Waals surface area contributed by atoms with Gasteiger partial charge in [0.15, 0.2) is 0 Å². The third-order valence-electron chi connectivity index (χ3n) is 4.70. The van der Waals surface area contributed by atoms with Crippen LogP contribution in [-0.4, -0.2) is 26.5 Å². The second kappa shape index (κ2) is 9.65. The lowest BCUT2D eigenvalue weighted by atomic mass is 9.96. The van der Waals surface area contributed by atoms with Gasteiger partial charge in [0, 0.05) is 23.7 Å². The first-order chi connectivity index (χ1) is 14.0. The highest BCUT2D eigenvalue weighted by Gasteiger charge is 2.34. The zero-order chi connectivity index (χ0) is 20.7. The number of allylic oxidation sites excluding steroid dienone is 5. The molecular formula is C23H24FN3OS. The van der Waals surface area contributed by atoms with Gasteiger partial charge in [0.05, 0.1) is 29.2 Å². The molecule has 0 fully saturated rings. The van der Waals surface area contributed by atoms with E-state index in [1.807, 2.05) is 61.2 Å². The number of rotatable bonds is 7. The van der Waals surface area contributed by atoms with E-state index >= 15 is 0 Å². The summed E-state index contributed by atoms with van der Waals surface area (Å²) < 4.78 is 13.4. The van der Waals surface area contributed by atoms with Crippen molar-refractivity contribution in [1.29, 1.82) is 0 Å². The van der Waals surface area contributed by atoms with Gasteiger partial charge < -0.3 is 4.90 Å². The number of halogens is 1. The van der Waals surface area contributed by atoms with Crippen molar-refractivity contribution >= 4 is 17.7 Å². The normalized spacial score (nSPS) is 14.0. The molecule has 4 nitrogen and oxygen atoms in total. The Hall–Kier alpha value is -2.73. The molecule has 2 aromatic rings. The molecule has 0 aromatic carbocycles. The fourth-order valence-corrected chi connectivity index (χ4v) is 3.82. The van der Waals surface area contributed by atoms with Gasteiger partial charge in [-0.1, -0.05) is 24.3 Å². The van der Waals surface area contributed by atoms with Crippen molar-refractivity contribution in [3.8, 4) is 0 Å². The van der Waals surface area contributed by atoms with Crippen molar-refractivity contribution in [2.24, 2.45) is 0 Å². The van der Waals surface area contributed by atoms with Gasteiger partial charge in [0.1, 0.15) is 5.83 Å². The number of hydrogen-bond donors (Lipinski definition) is 0. The standard InChI is InChI=1S/C23H24FN3OS/c1-23(2,21-11-4-6-15-26-21)27(16-19-9-3-5-14-25-19)22(28)17-29-20-10-7-8-18(24)12-13-20/h3-7,9-15H,8,16-17H2,1-2H3. The molecule has 2 aromatic heterocycles. The third kappa shape index (κ3) is 5.64. The van der Waals surface area contributed by atoms with E-state index in [2.05, 4.69) is 9.97 Å². The maximum absolute atomic E-state index is 13.4. The highest BCUT2D eigenvalue weighted by Crippen LogP contribution is 2.30. The van der Waals surface area contributed by atoms with Crippen LogP contribution in [0.5, 0.6) is 0 Å². The number of nitrogens with zero attached hydrogens (tertiary/aromatic N) is 3. The van der Waals surface area contributed by atoms with Crippen LogP contribution in [0.4, 0.5) is 4.39 Å². The summed E-state index contributed by atoms with van der Waals surface area (Å²) in [4.78, 5) is 24.8. The van der Waals surface area contributed by atoms with Crippen molar-refractivity contribution in [2.45, 2.75) is 32.4 Å². The van der Waals surface area contributed by atoms with Crippen molar-refractivity contribution in [2.75, 3.05) is 5.75 Å². The summed E-state index contributed by atoms with van der Waals surface area (Å²) in [6.45, 7) is 4.36. The number of thioether (sulfide) groups is 1. The molecule has 0 aliphatic heterocycles. The quantitative estimate of drug-likeness (QED) is 0.633. The molecule has 0 saturated heterocycles. The summed E-state index contributed by atoms with van der Waals surface area (Å²) in [5, 5.41) is 0. The molecule has 1 aliphatic carbocycles. The van der Waals surface area contributed by atoms with Gasteiger partial charge >= 0.3 is 0 Å². The summed E-state index contributed by atoms with van der Waals surface area (Å²) in [6, 6.07) is 11.4. The predicted molar refractivity (Wildman–Crippen MR) is 116 cm³/mol. The van der Waals surface area contributed by atoms with Gasteiger partial charge in [0.2, 0.25) is 5.91 Å². The zero-order valence-electron chi connectivity index (χ0n) is 16.6. The van der Waals surface area contributed by atoms with Gasteiger partial charge in [-0.05, 0) is 50.3 Å². The predicted octanol–water partition coefficient (Wildman–Crippen LogP) is 5.17. The SMILES string of the molecule is CC(C)(c1ccccn1)N(Cc1ccccn1)C(=O)CSC1=CC=C(F)CC=C1. The molecule has 0 N–H and O–H groups in total. The van der Waals surface area contributed by atoms with E-state index in [0.29, 0.717) is 6.54 Å². The number of aromatic nitrogens is 2. The highest BCUT2D eigenvalue weighted by atomic mass is 32.2. The largest absolute Gasteiger partial charge is 0.325 e. The van der Waals surface area contributed by atoms with Crippen LogP contribution in [0.25, 0.3) is 0 Å². The van der Waals surface area contributed by atoms with Crippen LogP contribution in [0.15, 0.2) is 83.8 Å². The van der Waals surface area contributed by atoms with Crippen LogP contribution >= 0.6 is 11.8 Å². The van der Waals surface area contributed by atoms with Crippen LogP contribution in [0.3, 0.4) is 0 Å². The number of carbonyl (C=O) groups excluding carboxylic acids is 1. The van der Waals surface area contributed by atoms with Crippen molar-refractivity contribution < 1.29 is 9.18 Å². The van der Waals surface area contributed by atoms with Gasteiger partial charge in [-0.2, -0.15) is 0 Å². The van der Waals surface area contributed by atoms with Crippen LogP contribution in [-0.2, 0) is 16.9 Å². The Morgan fingerprint density at radius 2 is 1.90 bits per heavy atom. The Bertz CT molecular complexity index is 924. The number of amides is 1. The van der Waals surface area contributed by atoms with E-state index in [-0.39, 0.29) is 23.9 Å². The lowest BCUT2D eigenvalue weighted by Gasteiger charge is -2.38. The molecule has 1 amide bonds. The molecule has 0 saturated carbocycles. The molecule has 3 rings (SSSR count). The second-order valence-electron chi connectivity index (χ2n) is 7.15. The molecule has 0 atom stereocenters. The summed E-state index contributed by atoms with van der Waals surface area (Å²) in [5.74, 6) is 0.0323. The molecular weight excluding hydrogens is 385 g/mol. The Balaban J connectivity index is 1.81. The van der Waals surface area contributed by atoms with E-state index < -0.39 is 5.54 Å². The molecule has 0 spiro atoms. The van der Waals surface area contributed by atoms with E-state index in [0.717, 1.165) is 16.3 Å². The lowest BCUT2D eigenvalue weighted by molar-refractivity contribution is -0.135. The minimum absolute atomic E-state index is 0.0284. The zero-order valence-corrected chi connectivity index (χ0v) is 17.4. The summed E-state index contributed by atoms with van der Waals surface area (Å²) >= 11 is 1.40. The second-order valence-corrected chi connectivity index (χ2v) is 8.20. The van der Waals surface area contributed by atoms with E-state index in [4.69, 9.17) is 0 Å². The number of hydrogen-bond acceptors (Lipinski definition) is 4. The first kappa shape index (κ1) is 21.0. The fraction of sp³-hybridized carbons (Fsp3) is 0.261. The molecule has 0 radical (unpaired) electrons. The molecule has 6 heteroatoms. The smallest absolute Gasteiger partial charge is 0.234 e. The van der Waals surface area contributed by atoms with Crippen molar-refractivity contribution in [3.05, 3.63) is 95.2 Å². The monoisotopic (exact) mass is 409 g/mol. The van der Waals surface area contributed by atoms with Gasteiger partial charge in [-0.25, -0.2) is 4.39 Å². The Morgan fingerprint density at radius 3 is 2.59 bits per heavy atom. The van der Waals surface area contributed by atoms with Gasteiger partial charge in [0.25, 0.3) is 0 Å². The molecule has 150 valence electrons. The van der Waals surface area contributed by atoms with Crippen LogP contribution in [0.1, 0.15) is 31.7 Å². The number of carbonyl (C=O) groups is 1. The molecule has 1 aliphatic rings. The average Bonchev–Trinajstić information content (AvgIpc) is 2.95. The molecule has 29 heavy (non-hydrogen) atoms. The van der Waals surface area contributed by atoms with Crippen molar-refractivity contribution in [1.82, 2.24) is 14.9 Å². The number of pyridine rings is 2. The van der Waals surface area contributed by atoms with Crippen LogP contribution < -0.4 is 0 Å². The fourth-order valence-electron chi connectivity index (χ4n) is 3.02. The third-order valence-corrected chi connectivity index (χ3v) is 5.70. The van der Waals surface area contributed by atoms with Crippen LogP contribution in [0, 0.1) is 0 Å². The van der Waals surface area contributed by atoms with Crippen LogP contribution in [0.2, 0.25) is 0 Å². The Labute approximate surface area is 175 Å². The molecule has 0 unspecified atom stereocenters. The van der Waals surface area contributed by atoms with E-state index in [9.17, 15) is 9.18 Å². The summed E-state index contributed by atoms with van der Waals surface area (Å²) in [5.41, 5.74) is 1.01. The van der Waals surface area contributed by atoms with Gasteiger partial charge in [-0.15, -0.1) is 11.8 Å². The topological polar surface area (TPSA) is 46.1 Å². The Kier molecular flexibility index (Phi) is 6.99. The van der Waals surface area contributed by atoms with E-state index in [1.54, 1.807) is 24.5 Å². The highest BCUT2D eigenvalue weighted by molar-refractivity contribution is 8.03. The minimum Gasteiger partial charge on any atom is -0.325 e. The lowest BCUT2D eigenvalue weighted by Crippen LogP contribution is -2.46. The van der Waals surface area contributed by atoms with E-state index in [1.165, 1.54) is 17.8 Å². The maximum Gasteiger partial charge on any atom is 0.234 e. The first-order valence-electron chi connectivity index (χ1n) is 9.44. The summed E-state index contributed by atoms with van der Waals surface area (Å²) in [7, 11) is 0. The Morgan fingerprint density at radius 1 is 1.14 bits per heavy atom. The molecule has 2 heterocycles. The van der Waals surface area contributed by atoms with Crippen molar-refractivity contribution in [3.63, 3.8) is 0 Å². The summed E-state index contributed by atoms with van der Waals surface area (Å²) in [6.07, 6.45) is 10.5. The van der Waals surface area contributed by atoms with Gasteiger partial charge in [-0.3, -0.25) is 14.8 Å². The first-order valence-corrected chi connectivity index (χ1v) is 10.4. The molecule has 0 bridgehead atoms. The minimum atomic E-state index is -0.615.